The zero-order chi connectivity index (χ0) is 12.1. The number of hydrogen-bond acceptors (Lipinski definition) is 2. The van der Waals surface area contributed by atoms with E-state index in [1.807, 2.05) is 11.3 Å². The van der Waals surface area contributed by atoms with E-state index in [4.69, 9.17) is 0 Å². The lowest BCUT2D eigenvalue weighted by atomic mass is 9.91. The minimum atomic E-state index is 0.733. The first-order valence-corrected chi connectivity index (χ1v) is 8.43. The number of halogens is 1. The third-order valence-corrected chi connectivity index (χ3v) is 5.71. The monoisotopic (exact) mass is 315 g/mol. The van der Waals surface area contributed by atoms with E-state index in [1.54, 1.807) is 0 Å². The van der Waals surface area contributed by atoms with E-state index in [0.717, 1.165) is 18.5 Å². The second kappa shape index (κ2) is 6.91. The Morgan fingerprint density at radius 3 is 2.88 bits per heavy atom. The van der Waals surface area contributed by atoms with E-state index >= 15 is 0 Å². The second-order valence-electron chi connectivity index (χ2n) is 4.96. The molecule has 1 aromatic heterocycles. The Bertz CT molecular complexity index is 337. The van der Waals surface area contributed by atoms with Crippen molar-refractivity contribution in [2.45, 2.75) is 51.5 Å². The first kappa shape index (κ1) is 13.6. The summed E-state index contributed by atoms with van der Waals surface area (Å²) in [7, 11) is 0. The van der Waals surface area contributed by atoms with E-state index in [1.165, 1.54) is 47.9 Å². The fraction of sp³-hybridized carbons (Fsp3) is 0.714. The molecule has 0 aromatic carbocycles. The predicted molar refractivity (Wildman–Crippen MR) is 79.8 cm³/mol. The maximum atomic E-state index is 3.70. The Kier molecular flexibility index (Phi) is 5.51. The molecule has 1 aliphatic rings. The van der Waals surface area contributed by atoms with Gasteiger partial charge in [-0.25, -0.2) is 0 Å². The van der Waals surface area contributed by atoms with E-state index in [9.17, 15) is 0 Å². The Morgan fingerprint density at radius 2 is 2.18 bits per heavy atom. The molecule has 2 unspecified atom stereocenters. The van der Waals surface area contributed by atoms with E-state index in [-0.39, 0.29) is 0 Å². The van der Waals surface area contributed by atoms with Crippen LogP contribution in [-0.4, -0.2) is 12.6 Å². The lowest BCUT2D eigenvalue weighted by molar-refractivity contribution is 0.339. The summed E-state index contributed by atoms with van der Waals surface area (Å²) in [5.74, 6) is 0.826. The topological polar surface area (TPSA) is 12.0 Å². The molecular weight excluding hydrogens is 294 g/mol. The summed E-state index contributed by atoms with van der Waals surface area (Å²) in [5, 5.41) is 5.89. The van der Waals surface area contributed by atoms with Crippen molar-refractivity contribution in [3.8, 4) is 0 Å². The van der Waals surface area contributed by atoms with Gasteiger partial charge in [0, 0.05) is 15.4 Å². The maximum absolute atomic E-state index is 3.70. The number of rotatable bonds is 4. The summed E-state index contributed by atoms with van der Waals surface area (Å²) in [6.07, 6.45) is 8.23. The van der Waals surface area contributed by atoms with Gasteiger partial charge in [-0.15, -0.1) is 11.3 Å². The predicted octanol–water partition coefficient (Wildman–Crippen LogP) is 4.61. The normalized spacial score (nSPS) is 25.8. The fourth-order valence-electron chi connectivity index (χ4n) is 2.87. The Balaban J connectivity index is 2.02. The summed E-state index contributed by atoms with van der Waals surface area (Å²) in [6, 6.07) is 2.91. The minimum Gasteiger partial charge on any atom is -0.314 e. The molecule has 0 radical (unpaired) electrons. The average molecular weight is 316 g/mol. The van der Waals surface area contributed by atoms with Crippen molar-refractivity contribution in [2.24, 2.45) is 5.92 Å². The van der Waals surface area contributed by atoms with Gasteiger partial charge in [-0.3, -0.25) is 0 Å². The van der Waals surface area contributed by atoms with Gasteiger partial charge < -0.3 is 5.32 Å². The van der Waals surface area contributed by atoms with Crippen LogP contribution >= 0.6 is 27.3 Å². The highest BCUT2D eigenvalue weighted by atomic mass is 79.9. The van der Waals surface area contributed by atoms with Gasteiger partial charge in [-0.05, 0) is 59.1 Å². The summed E-state index contributed by atoms with van der Waals surface area (Å²) in [5.41, 5.74) is 0. The van der Waals surface area contributed by atoms with Crippen LogP contribution in [0.4, 0.5) is 0 Å². The molecule has 1 aromatic rings. The molecule has 1 aliphatic carbocycles. The maximum Gasteiger partial charge on any atom is 0.0314 e. The molecule has 1 saturated carbocycles. The van der Waals surface area contributed by atoms with Crippen LogP contribution in [0.3, 0.4) is 0 Å². The molecule has 0 aliphatic heterocycles. The van der Waals surface area contributed by atoms with Crippen LogP contribution in [0.1, 0.15) is 43.9 Å². The smallest absolute Gasteiger partial charge is 0.0314 e. The van der Waals surface area contributed by atoms with Crippen LogP contribution in [0.5, 0.6) is 0 Å². The standard InChI is InChI=1S/C14H22BrNS/c1-2-16-13-7-5-3-4-6-11(13)10-14-12(15)8-9-17-14/h8-9,11,13,16H,2-7,10H2,1H3. The van der Waals surface area contributed by atoms with Crippen molar-refractivity contribution in [2.75, 3.05) is 6.54 Å². The van der Waals surface area contributed by atoms with Crippen molar-refractivity contribution in [1.82, 2.24) is 5.32 Å². The molecule has 1 nitrogen and oxygen atoms in total. The third kappa shape index (κ3) is 3.80. The lowest BCUT2D eigenvalue weighted by Crippen LogP contribution is -2.36. The molecule has 17 heavy (non-hydrogen) atoms. The molecule has 0 amide bonds. The zero-order valence-corrected chi connectivity index (χ0v) is 12.9. The van der Waals surface area contributed by atoms with Gasteiger partial charge >= 0.3 is 0 Å². The van der Waals surface area contributed by atoms with Gasteiger partial charge in [0.25, 0.3) is 0 Å². The number of nitrogens with one attached hydrogen (secondary N) is 1. The van der Waals surface area contributed by atoms with Gasteiger partial charge in [-0.1, -0.05) is 26.2 Å². The lowest BCUT2D eigenvalue weighted by Gasteiger charge is -2.25. The molecule has 0 spiro atoms. The fourth-order valence-corrected chi connectivity index (χ4v) is 4.48. The van der Waals surface area contributed by atoms with Crippen LogP contribution in [-0.2, 0) is 6.42 Å². The molecule has 0 bridgehead atoms. The first-order valence-electron chi connectivity index (χ1n) is 6.76. The van der Waals surface area contributed by atoms with Crippen LogP contribution < -0.4 is 5.32 Å². The minimum absolute atomic E-state index is 0.733. The second-order valence-corrected chi connectivity index (χ2v) is 6.81. The molecule has 1 fully saturated rings. The van der Waals surface area contributed by atoms with E-state index < -0.39 is 0 Å². The zero-order valence-electron chi connectivity index (χ0n) is 10.5. The van der Waals surface area contributed by atoms with E-state index in [0.29, 0.717) is 0 Å². The molecule has 0 saturated heterocycles. The average Bonchev–Trinajstić information content (AvgIpc) is 2.59. The number of thiophene rings is 1. The Morgan fingerprint density at radius 1 is 1.35 bits per heavy atom. The summed E-state index contributed by atoms with van der Waals surface area (Å²) < 4.78 is 1.31. The van der Waals surface area contributed by atoms with Gasteiger partial charge in [-0.2, -0.15) is 0 Å². The molecular formula is C14H22BrNS. The molecule has 2 rings (SSSR count). The summed E-state index contributed by atoms with van der Waals surface area (Å²) in [4.78, 5) is 1.53. The van der Waals surface area contributed by atoms with Crippen LogP contribution in [0.15, 0.2) is 15.9 Å². The van der Waals surface area contributed by atoms with Crippen LogP contribution in [0.2, 0.25) is 0 Å². The highest BCUT2D eigenvalue weighted by Gasteiger charge is 2.24. The molecule has 1 N–H and O–H groups in total. The van der Waals surface area contributed by atoms with Gasteiger partial charge in [0.1, 0.15) is 0 Å². The Hall–Kier alpha value is 0.140. The van der Waals surface area contributed by atoms with Crippen molar-refractivity contribution in [1.29, 1.82) is 0 Å². The van der Waals surface area contributed by atoms with Crippen molar-refractivity contribution < 1.29 is 0 Å². The van der Waals surface area contributed by atoms with Gasteiger partial charge in [0.05, 0.1) is 0 Å². The quantitative estimate of drug-likeness (QED) is 0.800. The molecule has 96 valence electrons. The SMILES string of the molecule is CCNC1CCCCCC1Cc1sccc1Br. The first-order chi connectivity index (χ1) is 8.31. The highest BCUT2D eigenvalue weighted by molar-refractivity contribution is 9.10. The largest absolute Gasteiger partial charge is 0.314 e. The van der Waals surface area contributed by atoms with Crippen LogP contribution in [0.25, 0.3) is 0 Å². The molecule has 1 heterocycles. The van der Waals surface area contributed by atoms with Gasteiger partial charge in [0.15, 0.2) is 0 Å². The number of hydrogen-bond donors (Lipinski definition) is 1. The van der Waals surface area contributed by atoms with E-state index in [2.05, 4.69) is 39.6 Å². The third-order valence-electron chi connectivity index (χ3n) is 3.76. The highest BCUT2D eigenvalue weighted by Crippen LogP contribution is 2.31. The van der Waals surface area contributed by atoms with Crippen molar-refractivity contribution in [3.05, 3.63) is 20.8 Å². The summed E-state index contributed by atoms with van der Waals surface area (Å²) >= 11 is 5.56. The van der Waals surface area contributed by atoms with Crippen LogP contribution in [0, 0.1) is 5.92 Å². The van der Waals surface area contributed by atoms with Crippen molar-refractivity contribution >= 4 is 27.3 Å². The molecule has 2 atom stereocenters. The van der Waals surface area contributed by atoms with Crippen molar-refractivity contribution in [3.63, 3.8) is 0 Å². The van der Waals surface area contributed by atoms with Gasteiger partial charge in [0.2, 0.25) is 0 Å². The Labute approximate surface area is 117 Å². The molecule has 3 heteroatoms. The summed E-state index contributed by atoms with van der Waals surface area (Å²) in [6.45, 7) is 3.33.